The minimum absolute atomic E-state index is 0.167. The Morgan fingerprint density at radius 1 is 1.14 bits per heavy atom. The van der Waals surface area contributed by atoms with Crippen molar-refractivity contribution in [2.24, 2.45) is 0 Å². The molecule has 0 aliphatic heterocycles. The van der Waals surface area contributed by atoms with Gasteiger partial charge in [-0.2, -0.15) is 0 Å². The largest absolute Gasteiger partial charge is 0.489 e. The second-order valence-corrected chi connectivity index (χ2v) is 4.68. The average Bonchev–Trinajstić information content (AvgIpc) is 2.97. The van der Waals surface area contributed by atoms with Crippen molar-refractivity contribution in [3.63, 3.8) is 0 Å². The van der Waals surface area contributed by atoms with Crippen LogP contribution in [0.2, 0.25) is 0 Å². The van der Waals surface area contributed by atoms with Crippen molar-refractivity contribution in [2.75, 3.05) is 13.2 Å². The van der Waals surface area contributed by atoms with E-state index in [0.29, 0.717) is 5.58 Å². The van der Waals surface area contributed by atoms with Crippen LogP contribution < -0.4 is 10.1 Å². The molecule has 0 atom stereocenters. The molecule has 0 fully saturated rings. The van der Waals surface area contributed by atoms with Gasteiger partial charge in [-0.1, -0.05) is 30.3 Å². The number of benzene rings is 2. The number of ether oxygens (including phenoxy) is 1. The van der Waals surface area contributed by atoms with Gasteiger partial charge in [0.1, 0.15) is 12.2 Å². The Balaban J connectivity index is 1.53. The van der Waals surface area contributed by atoms with E-state index in [9.17, 15) is 9.18 Å². The number of amides is 1. The summed E-state index contributed by atoms with van der Waals surface area (Å²) in [5.41, 5.74) is 0.662. The van der Waals surface area contributed by atoms with Crippen molar-refractivity contribution >= 4 is 16.9 Å². The summed E-state index contributed by atoms with van der Waals surface area (Å²) in [4.78, 5) is 12.0. The molecular formula is C17H14FNO3. The van der Waals surface area contributed by atoms with E-state index in [1.54, 1.807) is 24.3 Å². The molecule has 0 aliphatic rings. The molecule has 112 valence electrons. The fraction of sp³-hybridized carbons (Fsp3) is 0.118. The van der Waals surface area contributed by atoms with Crippen LogP contribution in [0.1, 0.15) is 10.6 Å². The van der Waals surface area contributed by atoms with Crippen LogP contribution in [0.25, 0.3) is 11.0 Å². The number of carbonyl (C=O) groups excluding carboxylic acids is 1. The molecule has 0 radical (unpaired) electrons. The van der Waals surface area contributed by atoms with Gasteiger partial charge in [-0.25, -0.2) is 4.39 Å². The van der Waals surface area contributed by atoms with Gasteiger partial charge in [-0.15, -0.1) is 0 Å². The molecular weight excluding hydrogens is 285 g/mol. The molecule has 5 heteroatoms. The third kappa shape index (κ3) is 3.09. The zero-order valence-electron chi connectivity index (χ0n) is 11.7. The minimum atomic E-state index is -0.425. The Labute approximate surface area is 126 Å². The van der Waals surface area contributed by atoms with Crippen molar-refractivity contribution in [1.82, 2.24) is 5.32 Å². The van der Waals surface area contributed by atoms with Crippen molar-refractivity contribution < 1.29 is 18.3 Å². The quantitative estimate of drug-likeness (QED) is 0.735. The lowest BCUT2D eigenvalue weighted by atomic mass is 10.2. The highest BCUT2D eigenvalue weighted by Gasteiger charge is 2.11. The number of fused-ring (bicyclic) bond motifs is 1. The summed E-state index contributed by atoms with van der Waals surface area (Å²) in [5.74, 6) is -0.341. The Morgan fingerprint density at radius 2 is 1.91 bits per heavy atom. The lowest BCUT2D eigenvalue weighted by Crippen LogP contribution is -2.27. The molecule has 0 unspecified atom stereocenters. The molecule has 0 bridgehead atoms. The van der Waals surface area contributed by atoms with Gasteiger partial charge < -0.3 is 14.5 Å². The average molecular weight is 299 g/mol. The zero-order chi connectivity index (χ0) is 15.4. The van der Waals surface area contributed by atoms with E-state index in [4.69, 9.17) is 9.15 Å². The molecule has 0 saturated heterocycles. The van der Waals surface area contributed by atoms with E-state index in [1.807, 2.05) is 18.2 Å². The molecule has 1 aromatic heterocycles. The standard InChI is InChI=1S/C17H14FNO3/c18-13-6-2-4-8-15(13)21-10-9-19-17(20)16-11-12-5-1-3-7-14(12)22-16/h1-8,11H,9-10H2,(H,19,20). The molecule has 1 heterocycles. The summed E-state index contributed by atoms with van der Waals surface area (Å²) in [6.45, 7) is 0.428. The highest BCUT2D eigenvalue weighted by molar-refractivity contribution is 5.96. The Bertz CT molecular complexity index is 764. The first-order valence-corrected chi connectivity index (χ1v) is 6.88. The lowest BCUT2D eigenvalue weighted by molar-refractivity contribution is 0.0921. The van der Waals surface area contributed by atoms with Gasteiger partial charge in [0, 0.05) is 5.39 Å². The van der Waals surface area contributed by atoms with Gasteiger partial charge in [0.2, 0.25) is 0 Å². The van der Waals surface area contributed by atoms with Gasteiger partial charge in [0.05, 0.1) is 6.54 Å². The molecule has 22 heavy (non-hydrogen) atoms. The number of nitrogens with one attached hydrogen (secondary N) is 1. The molecule has 1 N–H and O–H groups in total. The van der Waals surface area contributed by atoms with E-state index < -0.39 is 5.82 Å². The topological polar surface area (TPSA) is 51.5 Å². The second kappa shape index (κ2) is 6.30. The Hall–Kier alpha value is -2.82. The zero-order valence-corrected chi connectivity index (χ0v) is 11.7. The summed E-state index contributed by atoms with van der Waals surface area (Å²) >= 11 is 0. The molecule has 4 nitrogen and oxygen atoms in total. The smallest absolute Gasteiger partial charge is 0.287 e. The van der Waals surface area contributed by atoms with Gasteiger partial charge in [0.25, 0.3) is 5.91 Å². The number of hydrogen-bond acceptors (Lipinski definition) is 3. The molecule has 2 aromatic carbocycles. The highest BCUT2D eigenvalue weighted by atomic mass is 19.1. The van der Waals surface area contributed by atoms with E-state index in [1.165, 1.54) is 12.1 Å². The first kappa shape index (κ1) is 14.1. The lowest BCUT2D eigenvalue weighted by Gasteiger charge is -2.07. The Morgan fingerprint density at radius 3 is 2.73 bits per heavy atom. The maximum Gasteiger partial charge on any atom is 0.287 e. The summed E-state index contributed by atoms with van der Waals surface area (Å²) in [5, 5.41) is 3.54. The Kier molecular flexibility index (Phi) is 4.05. The molecule has 0 spiro atoms. The summed E-state index contributed by atoms with van der Waals surface area (Å²) in [6, 6.07) is 15.2. The van der Waals surface area contributed by atoms with Gasteiger partial charge in [-0.05, 0) is 24.3 Å². The number of carbonyl (C=O) groups is 1. The van der Waals surface area contributed by atoms with E-state index in [0.717, 1.165) is 5.39 Å². The van der Waals surface area contributed by atoms with Crippen LogP contribution in [0.15, 0.2) is 59.0 Å². The molecule has 3 aromatic rings. The van der Waals surface area contributed by atoms with E-state index >= 15 is 0 Å². The van der Waals surface area contributed by atoms with Crippen LogP contribution in [0.5, 0.6) is 5.75 Å². The first-order valence-electron chi connectivity index (χ1n) is 6.88. The molecule has 1 amide bonds. The first-order chi connectivity index (χ1) is 10.7. The van der Waals surface area contributed by atoms with Crippen LogP contribution >= 0.6 is 0 Å². The van der Waals surface area contributed by atoms with Crippen molar-refractivity contribution in [3.05, 3.63) is 66.2 Å². The van der Waals surface area contributed by atoms with Crippen LogP contribution in [0.4, 0.5) is 4.39 Å². The number of hydrogen-bond donors (Lipinski definition) is 1. The summed E-state index contributed by atoms with van der Waals surface area (Å²) in [6.07, 6.45) is 0. The van der Waals surface area contributed by atoms with Crippen molar-refractivity contribution in [2.45, 2.75) is 0 Å². The summed E-state index contributed by atoms with van der Waals surface area (Å²) < 4.78 is 24.0. The van der Waals surface area contributed by atoms with Crippen molar-refractivity contribution in [1.29, 1.82) is 0 Å². The van der Waals surface area contributed by atoms with Crippen LogP contribution in [-0.4, -0.2) is 19.1 Å². The fourth-order valence-electron chi connectivity index (χ4n) is 2.07. The maximum absolute atomic E-state index is 13.3. The highest BCUT2D eigenvalue weighted by Crippen LogP contribution is 2.18. The van der Waals surface area contributed by atoms with E-state index in [2.05, 4.69) is 5.32 Å². The second-order valence-electron chi connectivity index (χ2n) is 4.68. The van der Waals surface area contributed by atoms with Gasteiger partial charge in [0.15, 0.2) is 17.3 Å². The summed E-state index contributed by atoms with van der Waals surface area (Å²) in [7, 11) is 0. The van der Waals surface area contributed by atoms with E-state index in [-0.39, 0.29) is 30.6 Å². The predicted molar refractivity (Wildman–Crippen MR) is 80.4 cm³/mol. The third-order valence-corrected chi connectivity index (χ3v) is 3.13. The van der Waals surface area contributed by atoms with Gasteiger partial charge >= 0.3 is 0 Å². The molecule has 0 aliphatic carbocycles. The number of halogens is 1. The van der Waals surface area contributed by atoms with Crippen LogP contribution in [0.3, 0.4) is 0 Å². The predicted octanol–water partition coefficient (Wildman–Crippen LogP) is 3.38. The van der Waals surface area contributed by atoms with Crippen LogP contribution in [-0.2, 0) is 0 Å². The maximum atomic E-state index is 13.3. The number of furan rings is 1. The van der Waals surface area contributed by atoms with Crippen molar-refractivity contribution in [3.8, 4) is 5.75 Å². The molecule has 3 rings (SSSR count). The molecule has 0 saturated carbocycles. The monoisotopic (exact) mass is 299 g/mol. The normalized spacial score (nSPS) is 10.6. The fourth-order valence-corrected chi connectivity index (χ4v) is 2.07. The third-order valence-electron chi connectivity index (χ3n) is 3.13. The number of para-hydroxylation sites is 2. The van der Waals surface area contributed by atoms with Gasteiger partial charge in [-0.3, -0.25) is 4.79 Å². The minimum Gasteiger partial charge on any atom is -0.489 e. The van der Waals surface area contributed by atoms with Crippen LogP contribution in [0, 0.1) is 5.82 Å². The number of rotatable bonds is 5. The SMILES string of the molecule is O=C(NCCOc1ccccc1F)c1cc2ccccc2o1.